The number of piperazine rings is 1. The second kappa shape index (κ2) is 6.70. The van der Waals surface area contributed by atoms with Crippen LogP contribution in [0.25, 0.3) is 0 Å². The molecule has 1 aromatic carbocycles. The molecule has 1 unspecified atom stereocenters. The number of benzene rings is 1. The highest BCUT2D eigenvalue weighted by molar-refractivity contribution is 5.29. The molecule has 0 radical (unpaired) electrons. The van der Waals surface area contributed by atoms with E-state index in [0.29, 0.717) is 6.04 Å². The van der Waals surface area contributed by atoms with Gasteiger partial charge in [0.05, 0.1) is 0 Å². The number of rotatable bonds is 4. The fourth-order valence-electron chi connectivity index (χ4n) is 3.36. The second-order valence-electron chi connectivity index (χ2n) is 6.34. The molecule has 0 aliphatic carbocycles. The number of hydrogen-bond donors (Lipinski definition) is 1. The number of nitrogens with one attached hydrogen (secondary N) is 1. The molecular weight excluding hydrogens is 246 g/mol. The van der Waals surface area contributed by atoms with E-state index in [1.807, 2.05) is 0 Å². The van der Waals surface area contributed by atoms with Crippen molar-refractivity contribution in [2.75, 3.05) is 39.8 Å². The summed E-state index contributed by atoms with van der Waals surface area (Å²) in [5.41, 5.74) is 3.04. The Bertz CT molecular complexity index is 424. The third-order valence-electron chi connectivity index (χ3n) is 4.79. The Morgan fingerprint density at radius 3 is 2.65 bits per heavy atom. The van der Waals surface area contributed by atoms with Crippen molar-refractivity contribution in [3.63, 3.8) is 0 Å². The fraction of sp³-hybridized carbons (Fsp3) is 0.647. The van der Waals surface area contributed by atoms with E-state index >= 15 is 0 Å². The lowest BCUT2D eigenvalue weighted by Crippen LogP contribution is -2.45. The normalized spacial score (nSPS) is 24.6. The molecule has 0 aromatic heterocycles. The van der Waals surface area contributed by atoms with Crippen LogP contribution in [0.15, 0.2) is 24.3 Å². The Kier molecular flexibility index (Phi) is 4.71. The zero-order chi connectivity index (χ0) is 13.8. The maximum atomic E-state index is 3.69. The Balaban J connectivity index is 1.40. The highest BCUT2D eigenvalue weighted by atomic mass is 15.2. The highest BCUT2D eigenvalue weighted by Gasteiger charge is 2.18. The molecule has 1 atom stereocenters. The molecule has 2 aliphatic heterocycles. The predicted molar refractivity (Wildman–Crippen MR) is 83.9 cm³/mol. The highest BCUT2D eigenvalue weighted by Crippen LogP contribution is 2.18. The second-order valence-corrected chi connectivity index (χ2v) is 6.34. The Morgan fingerprint density at radius 2 is 1.85 bits per heavy atom. The van der Waals surface area contributed by atoms with Crippen LogP contribution in [0.4, 0.5) is 0 Å². The van der Waals surface area contributed by atoms with Crippen molar-refractivity contribution in [2.45, 2.75) is 31.8 Å². The van der Waals surface area contributed by atoms with Gasteiger partial charge >= 0.3 is 0 Å². The summed E-state index contributed by atoms with van der Waals surface area (Å²) >= 11 is 0. The molecule has 0 spiro atoms. The van der Waals surface area contributed by atoms with E-state index in [4.69, 9.17) is 0 Å². The van der Waals surface area contributed by atoms with E-state index in [-0.39, 0.29) is 0 Å². The lowest BCUT2D eigenvalue weighted by atomic mass is 9.93. The van der Waals surface area contributed by atoms with Crippen molar-refractivity contribution in [3.8, 4) is 0 Å². The zero-order valence-electron chi connectivity index (χ0n) is 12.6. The number of nitrogens with zero attached hydrogens (tertiary/aromatic N) is 2. The van der Waals surface area contributed by atoms with Gasteiger partial charge in [0.25, 0.3) is 0 Å². The molecule has 0 saturated carbocycles. The van der Waals surface area contributed by atoms with Gasteiger partial charge in [-0.1, -0.05) is 24.3 Å². The molecule has 110 valence electrons. The lowest BCUT2D eigenvalue weighted by molar-refractivity contribution is 0.150. The molecule has 3 rings (SSSR count). The van der Waals surface area contributed by atoms with Gasteiger partial charge in [-0.25, -0.2) is 0 Å². The van der Waals surface area contributed by atoms with Gasteiger partial charge in [0.15, 0.2) is 0 Å². The third kappa shape index (κ3) is 3.60. The minimum atomic E-state index is 0.678. The molecule has 2 heterocycles. The number of hydrogen-bond acceptors (Lipinski definition) is 3. The first kappa shape index (κ1) is 14.1. The van der Waals surface area contributed by atoms with Crippen molar-refractivity contribution in [1.29, 1.82) is 0 Å². The average molecular weight is 273 g/mol. The van der Waals surface area contributed by atoms with Gasteiger partial charge < -0.3 is 15.1 Å². The largest absolute Gasteiger partial charge is 0.310 e. The van der Waals surface area contributed by atoms with Crippen LogP contribution in [0.3, 0.4) is 0 Å². The lowest BCUT2D eigenvalue weighted by Gasteiger charge is -2.33. The van der Waals surface area contributed by atoms with Crippen LogP contribution in [0.2, 0.25) is 0 Å². The van der Waals surface area contributed by atoms with Crippen molar-refractivity contribution in [1.82, 2.24) is 15.1 Å². The van der Waals surface area contributed by atoms with E-state index in [2.05, 4.69) is 46.4 Å². The molecule has 2 aliphatic rings. The predicted octanol–water partition coefficient (Wildman–Crippen LogP) is 1.73. The topological polar surface area (TPSA) is 18.5 Å². The summed E-state index contributed by atoms with van der Waals surface area (Å²) in [6.45, 7) is 7.28. The molecule has 1 fully saturated rings. The van der Waals surface area contributed by atoms with Crippen LogP contribution >= 0.6 is 0 Å². The fourth-order valence-corrected chi connectivity index (χ4v) is 3.36. The number of likely N-dealkylation sites (N-methyl/N-ethyl adjacent to an activating group) is 1. The zero-order valence-corrected chi connectivity index (χ0v) is 12.6. The smallest absolute Gasteiger partial charge is 0.0210 e. The Labute approximate surface area is 123 Å². The quantitative estimate of drug-likeness (QED) is 0.901. The van der Waals surface area contributed by atoms with E-state index in [1.54, 1.807) is 5.56 Å². The van der Waals surface area contributed by atoms with Crippen LogP contribution in [-0.2, 0) is 13.0 Å². The SMILES string of the molecule is CN1CCN(CCCC2Cc3ccccc3CN2)CC1. The van der Waals surface area contributed by atoms with Crippen LogP contribution in [-0.4, -0.2) is 55.6 Å². The van der Waals surface area contributed by atoms with Crippen molar-refractivity contribution in [2.24, 2.45) is 0 Å². The third-order valence-corrected chi connectivity index (χ3v) is 4.79. The van der Waals surface area contributed by atoms with Crippen molar-refractivity contribution < 1.29 is 0 Å². The molecule has 20 heavy (non-hydrogen) atoms. The first-order valence-electron chi connectivity index (χ1n) is 8.02. The first-order valence-corrected chi connectivity index (χ1v) is 8.02. The van der Waals surface area contributed by atoms with Gasteiger partial charge in [-0.05, 0) is 44.0 Å². The van der Waals surface area contributed by atoms with E-state index < -0.39 is 0 Å². The van der Waals surface area contributed by atoms with Gasteiger partial charge in [-0.3, -0.25) is 0 Å². The van der Waals surface area contributed by atoms with Gasteiger partial charge in [0.1, 0.15) is 0 Å². The summed E-state index contributed by atoms with van der Waals surface area (Å²) < 4.78 is 0. The summed E-state index contributed by atoms with van der Waals surface area (Å²) in [5, 5.41) is 3.69. The van der Waals surface area contributed by atoms with Crippen molar-refractivity contribution >= 4 is 0 Å². The molecule has 3 heteroatoms. The van der Waals surface area contributed by atoms with Crippen LogP contribution in [0.1, 0.15) is 24.0 Å². The van der Waals surface area contributed by atoms with E-state index in [9.17, 15) is 0 Å². The molecule has 1 saturated heterocycles. The molecule has 0 bridgehead atoms. The average Bonchev–Trinajstić information content (AvgIpc) is 2.49. The molecule has 3 nitrogen and oxygen atoms in total. The Hall–Kier alpha value is -0.900. The molecule has 1 N–H and O–H groups in total. The standard InChI is InChI=1S/C17H27N3/c1-19-9-11-20(12-10-19)8-4-7-17-13-15-5-2-3-6-16(15)14-18-17/h2-3,5-6,17-18H,4,7-14H2,1H3. The van der Waals surface area contributed by atoms with Gasteiger partial charge in [0, 0.05) is 38.8 Å². The summed E-state index contributed by atoms with van der Waals surface area (Å²) in [7, 11) is 2.22. The summed E-state index contributed by atoms with van der Waals surface area (Å²) in [6.07, 6.45) is 3.84. The summed E-state index contributed by atoms with van der Waals surface area (Å²) in [5.74, 6) is 0. The van der Waals surface area contributed by atoms with Crippen LogP contribution < -0.4 is 5.32 Å². The first-order chi connectivity index (χ1) is 9.81. The maximum Gasteiger partial charge on any atom is 0.0210 e. The monoisotopic (exact) mass is 273 g/mol. The number of fused-ring (bicyclic) bond motifs is 1. The Morgan fingerprint density at radius 1 is 1.10 bits per heavy atom. The van der Waals surface area contributed by atoms with Crippen LogP contribution in [0, 0.1) is 0 Å². The molecule has 1 aromatic rings. The summed E-state index contributed by atoms with van der Waals surface area (Å²) in [4.78, 5) is 5.05. The van der Waals surface area contributed by atoms with Crippen LogP contribution in [0.5, 0.6) is 0 Å². The maximum absolute atomic E-state index is 3.69. The molecular formula is C17H27N3. The van der Waals surface area contributed by atoms with Gasteiger partial charge in [-0.2, -0.15) is 0 Å². The van der Waals surface area contributed by atoms with Gasteiger partial charge in [-0.15, -0.1) is 0 Å². The van der Waals surface area contributed by atoms with E-state index in [1.165, 1.54) is 57.5 Å². The molecule has 0 amide bonds. The minimum absolute atomic E-state index is 0.678. The minimum Gasteiger partial charge on any atom is -0.310 e. The van der Waals surface area contributed by atoms with Gasteiger partial charge in [0.2, 0.25) is 0 Å². The van der Waals surface area contributed by atoms with E-state index in [0.717, 1.165) is 6.54 Å². The summed E-state index contributed by atoms with van der Waals surface area (Å²) in [6, 6.07) is 9.55. The van der Waals surface area contributed by atoms with Crippen molar-refractivity contribution in [3.05, 3.63) is 35.4 Å².